The zero-order valence-corrected chi connectivity index (χ0v) is 11.9. The molecule has 0 radical (unpaired) electrons. The van der Waals surface area contributed by atoms with E-state index in [1.807, 2.05) is 20.8 Å². The first-order valence-corrected chi connectivity index (χ1v) is 6.76. The second-order valence-electron chi connectivity index (χ2n) is 4.35. The molecule has 0 aliphatic heterocycles. The number of thiazole rings is 1. The summed E-state index contributed by atoms with van der Waals surface area (Å²) in [6.07, 6.45) is -0.182. The Bertz CT molecular complexity index is 437. The summed E-state index contributed by atoms with van der Waals surface area (Å²) in [4.78, 5) is 15.6. The van der Waals surface area contributed by atoms with Crippen LogP contribution in [0.15, 0.2) is 0 Å². The molecular weight excluding hydrogens is 256 g/mol. The van der Waals surface area contributed by atoms with Crippen molar-refractivity contribution in [2.75, 3.05) is 6.54 Å². The number of H-pyrrole nitrogens is 1. The third-order valence-corrected chi connectivity index (χ3v) is 3.86. The number of aromatic nitrogens is 1. The molecule has 1 unspecified atom stereocenters. The topological polar surface area (TPSA) is 65.1 Å². The molecule has 0 saturated carbocycles. The summed E-state index contributed by atoms with van der Waals surface area (Å²) < 4.78 is 0.688. The maximum absolute atomic E-state index is 11.6. The van der Waals surface area contributed by atoms with Gasteiger partial charge in [0.2, 0.25) is 5.91 Å². The second-order valence-corrected chi connectivity index (χ2v) is 6.13. The summed E-state index contributed by atoms with van der Waals surface area (Å²) in [5.74, 6) is 0.0596. The molecule has 4 nitrogen and oxygen atoms in total. The summed E-state index contributed by atoms with van der Waals surface area (Å²) in [6.45, 7) is 6.03. The molecule has 0 bridgehead atoms. The Morgan fingerprint density at radius 1 is 1.59 bits per heavy atom. The Morgan fingerprint density at radius 2 is 2.24 bits per heavy atom. The van der Waals surface area contributed by atoms with Gasteiger partial charge in [-0.15, -0.1) is 11.3 Å². The zero-order chi connectivity index (χ0) is 13.0. The predicted octanol–water partition coefficient (Wildman–Crippen LogP) is 1.79. The molecule has 0 saturated heterocycles. The molecule has 1 amide bonds. The van der Waals surface area contributed by atoms with Crippen LogP contribution in [-0.2, 0) is 11.2 Å². The van der Waals surface area contributed by atoms with Gasteiger partial charge in [-0.2, -0.15) is 0 Å². The van der Waals surface area contributed by atoms with Gasteiger partial charge in [0.25, 0.3) is 0 Å². The van der Waals surface area contributed by atoms with Crippen molar-refractivity contribution in [1.82, 2.24) is 10.3 Å². The van der Waals surface area contributed by atoms with Gasteiger partial charge in [-0.1, -0.05) is 13.8 Å². The Kier molecular flexibility index (Phi) is 5.30. The van der Waals surface area contributed by atoms with Gasteiger partial charge >= 0.3 is 0 Å². The molecule has 0 fully saturated rings. The van der Waals surface area contributed by atoms with Crippen molar-refractivity contribution in [2.45, 2.75) is 33.3 Å². The number of amides is 1. The molecule has 1 aromatic heterocycles. The SMILES string of the molecule is Cc1[nH]c(=S)sc1CC(=O)NCC(O)C(C)C. The lowest BCUT2D eigenvalue weighted by Crippen LogP contribution is -2.35. The number of aromatic amines is 1. The van der Waals surface area contributed by atoms with Crippen molar-refractivity contribution < 1.29 is 9.90 Å². The number of aliphatic hydroxyl groups is 1. The van der Waals surface area contributed by atoms with Gasteiger partial charge in [-0.05, 0) is 25.1 Å². The fourth-order valence-electron chi connectivity index (χ4n) is 1.27. The molecule has 0 aromatic carbocycles. The molecule has 1 aromatic rings. The van der Waals surface area contributed by atoms with E-state index in [-0.39, 0.29) is 11.8 Å². The lowest BCUT2D eigenvalue weighted by Gasteiger charge is -2.14. The molecule has 0 spiro atoms. The number of carbonyl (C=O) groups is 1. The van der Waals surface area contributed by atoms with E-state index < -0.39 is 6.10 Å². The number of rotatable bonds is 5. The van der Waals surface area contributed by atoms with Crippen molar-refractivity contribution in [3.05, 3.63) is 14.5 Å². The molecule has 0 aliphatic carbocycles. The summed E-state index contributed by atoms with van der Waals surface area (Å²) in [5.41, 5.74) is 0.944. The molecule has 3 N–H and O–H groups in total. The summed E-state index contributed by atoms with van der Waals surface area (Å²) in [6, 6.07) is 0. The summed E-state index contributed by atoms with van der Waals surface area (Å²) in [5, 5.41) is 12.3. The van der Waals surface area contributed by atoms with E-state index >= 15 is 0 Å². The van der Waals surface area contributed by atoms with Crippen molar-refractivity contribution in [1.29, 1.82) is 0 Å². The van der Waals surface area contributed by atoms with Crippen LogP contribution in [0.3, 0.4) is 0 Å². The standard InChI is InChI=1S/C11H18N2O2S2/c1-6(2)8(14)5-12-10(15)4-9-7(3)13-11(16)17-9/h6,8,14H,4-5H2,1-3H3,(H,12,15)(H,13,16). The monoisotopic (exact) mass is 274 g/mol. The van der Waals surface area contributed by atoms with Gasteiger partial charge < -0.3 is 15.4 Å². The molecule has 6 heteroatoms. The fourth-order valence-corrected chi connectivity index (χ4v) is 2.56. The minimum atomic E-state index is -0.496. The van der Waals surface area contributed by atoms with Crippen LogP contribution >= 0.6 is 23.6 Å². The highest BCUT2D eigenvalue weighted by Gasteiger charge is 2.12. The first-order chi connectivity index (χ1) is 7.90. The van der Waals surface area contributed by atoms with E-state index in [1.54, 1.807) is 0 Å². The third kappa shape index (κ3) is 4.57. The average molecular weight is 274 g/mol. The van der Waals surface area contributed by atoms with Gasteiger partial charge in [-0.25, -0.2) is 0 Å². The first-order valence-electron chi connectivity index (χ1n) is 5.53. The van der Waals surface area contributed by atoms with Crippen LogP contribution in [0.4, 0.5) is 0 Å². The van der Waals surface area contributed by atoms with Gasteiger partial charge in [-0.3, -0.25) is 4.79 Å². The Labute approximate surface area is 110 Å². The number of nitrogens with one attached hydrogen (secondary N) is 2. The number of aryl methyl sites for hydroxylation is 1. The maximum Gasteiger partial charge on any atom is 0.225 e. The van der Waals surface area contributed by atoms with E-state index in [0.717, 1.165) is 10.6 Å². The maximum atomic E-state index is 11.6. The molecule has 96 valence electrons. The molecular formula is C11H18N2O2S2. The van der Waals surface area contributed by atoms with Crippen LogP contribution in [-0.4, -0.2) is 28.6 Å². The Morgan fingerprint density at radius 3 is 2.71 bits per heavy atom. The highest BCUT2D eigenvalue weighted by molar-refractivity contribution is 7.73. The Hall–Kier alpha value is -0.720. The minimum absolute atomic E-state index is 0.0851. The highest BCUT2D eigenvalue weighted by Crippen LogP contribution is 2.14. The third-order valence-electron chi connectivity index (χ3n) is 2.52. The van der Waals surface area contributed by atoms with Crippen molar-refractivity contribution in [3.8, 4) is 0 Å². The number of hydrogen-bond donors (Lipinski definition) is 3. The predicted molar refractivity (Wildman–Crippen MR) is 71.8 cm³/mol. The van der Waals surface area contributed by atoms with Gasteiger partial charge in [0.05, 0.1) is 12.5 Å². The second kappa shape index (κ2) is 6.28. The van der Waals surface area contributed by atoms with E-state index in [2.05, 4.69) is 10.3 Å². The summed E-state index contributed by atoms with van der Waals surface area (Å²) >= 11 is 6.42. The van der Waals surface area contributed by atoms with E-state index in [0.29, 0.717) is 16.9 Å². The summed E-state index contributed by atoms with van der Waals surface area (Å²) in [7, 11) is 0. The average Bonchev–Trinajstić information content (AvgIpc) is 2.53. The van der Waals surface area contributed by atoms with Gasteiger partial charge in [0.1, 0.15) is 0 Å². The molecule has 1 heterocycles. The van der Waals surface area contributed by atoms with Gasteiger partial charge in [0, 0.05) is 17.1 Å². The number of carbonyl (C=O) groups excluding carboxylic acids is 1. The first kappa shape index (κ1) is 14.3. The zero-order valence-electron chi connectivity index (χ0n) is 10.2. The van der Waals surface area contributed by atoms with Crippen LogP contribution < -0.4 is 5.32 Å². The number of hydrogen-bond acceptors (Lipinski definition) is 4. The van der Waals surface area contributed by atoms with E-state index in [4.69, 9.17) is 12.2 Å². The molecule has 17 heavy (non-hydrogen) atoms. The fraction of sp³-hybridized carbons (Fsp3) is 0.636. The van der Waals surface area contributed by atoms with Crippen molar-refractivity contribution in [2.24, 2.45) is 5.92 Å². The Balaban J connectivity index is 2.45. The molecule has 0 aliphatic rings. The molecule has 1 atom stereocenters. The van der Waals surface area contributed by atoms with Crippen LogP contribution in [0.2, 0.25) is 0 Å². The number of aliphatic hydroxyl groups excluding tert-OH is 1. The lowest BCUT2D eigenvalue weighted by molar-refractivity contribution is -0.121. The van der Waals surface area contributed by atoms with Gasteiger partial charge in [0.15, 0.2) is 3.95 Å². The molecule has 1 rings (SSSR count). The van der Waals surface area contributed by atoms with Crippen LogP contribution in [0, 0.1) is 16.8 Å². The van der Waals surface area contributed by atoms with Crippen molar-refractivity contribution in [3.63, 3.8) is 0 Å². The van der Waals surface area contributed by atoms with Crippen LogP contribution in [0.5, 0.6) is 0 Å². The van der Waals surface area contributed by atoms with Crippen LogP contribution in [0.25, 0.3) is 0 Å². The van der Waals surface area contributed by atoms with E-state index in [9.17, 15) is 9.90 Å². The smallest absolute Gasteiger partial charge is 0.225 e. The van der Waals surface area contributed by atoms with Crippen molar-refractivity contribution >= 4 is 29.5 Å². The quantitative estimate of drug-likeness (QED) is 0.717. The minimum Gasteiger partial charge on any atom is -0.391 e. The lowest BCUT2D eigenvalue weighted by atomic mass is 10.1. The van der Waals surface area contributed by atoms with Crippen LogP contribution in [0.1, 0.15) is 24.4 Å². The normalized spacial score (nSPS) is 12.8. The largest absolute Gasteiger partial charge is 0.391 e. The highest BCUT2D eigenvalue weighted by atomic mass is 32.1. The van der Waals surface area contributed by atoms with E-state index in [1.165, 1.54) is 11.3 Å².